The van der Waals surface area contributed by atoms with Gasteiger partial charge in [0.1, 0.15) is 0 Å². The van der Waals surface area contributed by atoms with Gasteiger partial charge < -0.3 is 18.9 Å². The molecule has 2 fully saturated rings. The fourth-order valence-corrected chi connectivity index (χ4v) is 14.7. The quantitative estimate of drug-likeness (QED) is 0.0698. The number of hydrogen-bond donors (Lipinski definition) is 0. The van der Waals surface area contributed by atoms with Gasteiger partial charge in [-0.3, -0.25) is 0 Å². The maximum atomic E-state index is 14.2. The maximum Gasteiger partial charge on any atom is 0.235 e. The number of aromatic nitrogens is 2. The third-order valence-corrected chi connectivity index (χ3v) is 19.8. The van der Waals surface area contributed by atoms with Crippen molar-refractivity contribution in [3.05, 3.63) is 240 Å². The van der Waals surface area contributed by atoms with Crippen LogP contribution in [-0.2, 0) is 51.7 Å². The van der Waals surface area contributed by atoms with Crippen LogP contribution >= 0.6 is 0 Å². The standard InChI is InChI=1S/C33H36N4O2S.C32H37N3O2S/c1-4-19-37-24-28(21-29-16-11-20-35(29)2)30-22-27(17-18-31(30)37)32(23-34)40(38,39)36(3)33(25-12-7-5-8-13-25)26-14-9-6-10-15-26;1-4-19-35-23-28(22-29-16-11-20-33(29)2)30-21-25(17-18-31(30)35)24-38(36,37)34(3)32(26-12-7-5-8-13-26)27-14-9-6-10-15-27/h4-10,12-15,17-18,22,24,29,32-33H,1,11,16,19-21H2,2-3H3;4-10,12-15,17-18,21,23,29,32H,1,11,16,19-20,22,24H2,2-3H3/t29-,32?;29-/m11/s1. The highest BCUT2D eigenvalue weighted by molar-refractivity contribution is 7.89. The van der Waals surface area contributed by atoms with E-state index in [9.17, 15) is 22.1 Å². The Morgan fingerprint density at radius 3 is 1.38 bits per heavy atom. The fourth-order valence-electron chi connectivity index (χ4n) is 11.8. The van der Waals surface area contributed by atoms with E-state index in [-0.39, 0.29) is 5.75 Å². The molecule has 2 aliphatic heterocycles. The maximum absolute atomic E-state index is 14.2. The molecule has 0 radical (unpaired) electrons. The summed E-state index contributed by atoms with van der Waals surface area (Å²) in [7, 11) is -0.0670. The number of likely N-dealkylation sites (tertiary alicyclic amines) is 2. The molecule has 1 unspecified atom stereocenters. The largest absolute Gasteiger partial charge is 0.343 e. The van der Waals surface area contributed by atoms with E-state index >= 15 is 0 Å². The Balaban J connectivity index is 0.000000190. The smallest absolute Gasteiger partial charge is 0.235 e. The second-order valence-electron chi connectivity index (χ2n) is 21.1. The van der Waals surface area contributed by atoms with Crippen molar-refractivity contribution < 1.29 is 16.8 Å². The first-order chi connectivity index (χ1) is 37.7. The van der Waals surface area contributed by atoms with Gasteiger partial charge >= 0.3 is 0 Å². The molecule has 0 amide bonds. The van der Waals surface area contributed by atoms with Crippen LogP contribution in [0.5, 0.6) is 0 Å². The second kappa shape index (κ2) is 24.8. The predicted molar refractivity (Wildman–Crippen MR) is 318 cm³/mol. The molecule has 2 aliphatic rings. The molecule has 13 heteroatoms. The first-order valence-electron chi connectivity index (χ1n) is 27.1. The Morgan fingerprint density at radius 2 is 0.987 bits per heavy atom. The lowest BCUT2D eigenvalue weighted by atomic mass is 9.99. The van der Waals surface area contributed by atoms with E-state index < -0.39 is 37.4 Å². The molecule has 3 atom stereocenters. The summed E-state index contributed by atoms with van der Waals surface area (Å²) in [5.41, 5.74) is 9.48. The number of fused-ring (bicyclic) bond motifs is 2. The topological polar surface area (TPSA) is 115 Å². The molecule has 0 spiro atoms. The van der Waals surface area contributed by atoms with Crippen molar-refractivity contribution in [2.45, 2.75) is 86.8 Å². The zero-order valence-corrected chi connectivity index (χ0v) is 47.1. The molecule has 10 rings (SSSR count). The van der Waals surface area contributed by atoms with E-state index in [0.29, 0.717) is 24.2 Å². The molecular weight excluding hydrogens is 1010 g/mol. The first kappa shape index (κ1) is 55.9. The van der Waals surface area contributed by atoms with Crippen LogP contribution in [-0.4, -0.2) is 97.7 Å². The summed E-state index contributed by atoms with van der Waals surface area (Å²) < 4.78 is 63.3. The number of hydrogen-bond acceptors (Lipinski definition) is 7. The number of likely N-dealkylation sites (N-methyl/N-ethyl adjacent to an activating group) is 2. The molecule has 6 aromatic carbocycles. The molecule has 8 aromatic rings. The highest BCUT2D eigenvalue weighted by Crippen LogP contribution is 2.38. The van der Waals surface area contributed by atoms with E-state index in [2.05, 4.69) is 76.8 Å². The Labute approximate surface area is 463 Å². The molecule has 78 heavy (non-hydrogen) atoms. The van der Waals surface area contributed by atoms with Crippen molar-refractivity contribution in [1.82, 2.24) is 27.5 Å². The normalized spacial score (nSPS) is 16.8. The van der Waals surface area contributed by atoms with Crippen LogP contribution in [0.4, 0.5) is 0 Å². The lowest BCUT2D eigenvalue weighted by Gasteiger charge is -2.30. The summed E-state index contributed by atoms with van der Waals surface area (Å²) in [6, 6.07) is 52.7. The average Bonchev–Trinajstić information content (AvgIpc) is 4.37. The number of sulfonamides is 2. The third kappa shape index (κ3) is 12.2. The van der Waals surface area contributed by atoms with E-state index in [4.69, 9.17) is 0 Å². The molecule has 0 aliphatic carbocycles. The van der Waals surface area contributed by atoms with Gasteiger partial charge in [0.15, 0.2) is 5.25 Å². The monoisotopic (exact) mass is 1080 g/mol. The van der Waals surface area contributed by atoms with Gasteiger partial charge in [-0.2, -0.15) is 13.9 Å². The molecule has 2 saturated heterocycles. The van der Waals surface area contributed by atoms with Gasteiger partial charge in [0, 0.05) is 73.5 Å². The van der Waals surface area contributed by atoms with Crippen LogP contribution in [0.3, 0.4) is 0 Å². The van der Waals surface area contributed by atoms with Crippen molar-refractivity contribution in [1.29, 1.82) is 5.26 Å². The minimum absolute atomic E-state index is 0.0506. The summed E-state index contributed by atoms with van der Waals surface area (Å²) in [5, 5.41) is 11.1. The van der Waals surface area contributed by atoms with Crippen molar-refractivity contribution in [3.8, 4) is 6.07 Å². The summed E-state index contributed by atoms with van der Waals surface area (Å²) in [6.07, 6.45) is 14.8. The number of nitrogens with zero attached hydrogens (tertiary/aromatic N) is 7. The van der Waals surface area contributed by atoms with Crippen LogP contribution in [0.2, 0.25) is 0 Å². The number of rotatable bonds is 20. The summed E-state index contributed by atoms with van der Waals surface area (Å²) >= 11 is 0. The van der Waals surface area contributed by atoms with Crippen molar-refractivity contribution in [3.63, 3.8) is 0 Å². The lowest BCUT2D eigenvalue weighted by molar-refractivity contribution is 0.309. The van der Waals surface area contributed by atoms with Crippen LogP contribution in [0.25, 0.3) is 21.8 Å². The van der Waals surface area contributed by atoms with Crippen LogP contribution in [0, 0.1) is 11.3 Å². The van der Waals surface area contributed by atoms with Crippen molar-refractivity contribution in [2.24, 2.45) is 0 Å². The van der Waals surface area contributed by atoms with Gasteiger partial charge in [-0.15, -0.1) is 13.2 Å². The van der Waals surface area contributed by atoms with Gasteiger partial charge in [0.25, 0.3) is 0 Å². The zero-order chi connectivity index (χ0) is 55.0. The third-order valence-electron chi connectivity index (χ3n) is 16.0. The van der Waals surface area contributed by atoms with Crippen molar-refractivity contribution in [2.75, 3.05) is 41.3 Å². The fraction of sp³-hybridized carbons (Fsp3) is 0.308. The predicted octanol–water partition coefficient (Wildman–Crippen LogP) is 12.1. The lowest BCUT2D eigenvalue weighted by Crippen LogP contribution is -2.35. The molecule has 4 heterocycles. The van der Waals surface area contributed by atoms with Crippen molar-refractivity contribution >= 4 is 41.9 Å². The van der Waals surface area contributed by atoms with E-state index in [1.807, 2.05) is 152 Å². The molecule has 11 nitrogen and oxygen atoms in total. The molecular formula is C65H73N7O4S2. The second-order valence-corrected chi connectivity index (χ2v) is 25.2. The minimum Gasteiger partial charge on any atom is -0.343 e. The Hall–Kier alpha value is -6.89. The van der Waals surface area contributed by atoms with E-state index in [0.717, 1.165) is 88.5 Å². The Kier molecular flexibility index (Phi) is 17.8. The molecule has 0 bridgehead atoms. The van der Waals surface area contributed by atoms with Crippen LogP contribution in [0.1, 0.15) is 87.5 Å². The van der Waals surface area contributed by atoms with Crippen LogP contribution < -0.4 is 0 Å². The SMILES string of the molecule is C=CCn1cc(C[C@H]2CCCN2C)c2cc(C(C#N)S(=O)(=O)N(C)C(c3ccccc3)c3ccccc3)ccc21.C=CCn1cc(C[C@H]2CCCN2C)c2cc(CS(=O)(=O)N(C)C(c3ccccc3)c3ccccc3)ccc21. The average molecular weight is 1080 g/mol. The summed E-state index contributed by atoms with van der Waals surface area (Å²) in [6.45, 7) is 11.4. The zero-order valence-electron chi connectivity index (χ0n) is 45.5. The highest BCUT2D eigenvalue weighted by Gasteiger charge is 2.37. The van der Waals surface area contributed by atoms with E-state index in [1.54, 1.807) is 20.2 Å². The molecule has 0 N–H and O–H groups in total. The summed E-state index contributed by atoms with van der Waals surface area (Å²) in [5.74, 6) is -0.0506. The minimum atomic E-state index is -4.07. The van der Waals surface area contributed by atoms with E-state index in [1.165, 1.54) is 39.0 Å². The molecule has 404 valence electrons. The van der Waals surface area contributed by atoms with Crippen LogP contribution in [0.15, 0.2) is 195 Å². The van der Waals surface area contributed by atoms with Gasteiger partial charge in [-0.25, -0.2) is 16.8 Å². The van der Waals surface area contributed by atoms with Gasteiger partial charge in [-0.1, -0.05) is 146 Å². The highest BCUT2D eigenvalue weighted by atomic mass is 32.2. The Morgan fingerprint density at radius 1 is 0.577 bits per heavy atom. The number of allylic oxidation sites excluding steroid dienone is 2. The number of benzene rings is 6. The number of nitriles is 1. The first-order valence-corrected chi connectivity index (χ1v) is 30.2. The molecule has 2 aromatic heterocycles. The van der Waals surface area contributed by atoms with Gasteiger partial charge in [0.2, 0.25) is 20.0 Å². The molecule has 0 saturated carbocycles. The summed E-state index contributed by atoms with van der Waals surface area (Å²) in [4.78, 5) is 4.83. The van der Waals surface area contributed by atoms with Gasteiger partial charge in [-0.05, 0) is 134 Å². The van der Waals surface area contributed by atoms with Gasteiger partial charge in [0.05, 0.1) is 23.9 Å². The Bertz CT molecular complexity index is 3520.